The Bertz CT molecular complexity index is 1140. The van der Waals surface area contributed by atoms with E-state index in [1.165, 1.54) is 0 Å². The maximum absolute atomic E-state index is 13.2. The van der Waals surface area contributed by atoms with Crippen LogP contribution in [0.1, 0.15) is 17.7 Å². The van der Waals surface area contributed by atoms with E-state index in [0.717, 1.165) is 16.8 Å². The molecule has 0 saturated carbocycles. The van der Waals surface area contributed by atoms with Crippen LogP contribution < -0.4 is 4.43 Å². The van der Waals surface area contributed by atoms with E-state index in [4.69, 9.17) is 14.4 Å². The maximum atomic E-state index is 13.2. The first-order chi connectivity index (χ1) is 14.2. The molecular weight excluding hydrogens is 412 g/mol. The van der Waals surface area contributed by atoms with Gasteiger partial charge in [-0.1, -0.05) is 48.5 Å². The molecule has 1 aliphatic carbocycles. The first-order valence-electron chi connectivity index (χ1n) is 10.2. The summed E-state index contributed by atoms with van der Waals surface area (Å²) in [6.07, 6.45) is 1.51. The van der Waals surface area contributed by atoms with Crippen LogP contribution in [-0.4, -0.2) is 32.0 Å². The van der Waals surface area contributed by atoms with Crippen LogP contribution in [0.25, 0.3) is 11.4 Å². The van der Waals surface area contributed by atoms with Crippen LogP contribution in [0.3, 0.4) is 0 Å². The molecular formula is C23H26N2O3SSi. The van der Waals surface area contributed by atoms with Crippen LogP contribution in [0, 0.1) is 0 Å². The highest BCUT2D eigenvalue weighted by Crippen LogP contribution is 2.35. The van der Waals surface area contributed by atoms with E-state index in [9.17, 15) is 8.42 Å². The Kier molecular flexibility index (Phi) is 5.51. The van der Waals surface area contributed by atoms with Crippen molar-refractivity contribution in [1.82, 2.24) is 9.97 Å². The first kappa shape index (κ1) is 20.7. The summed E-state index contributed by atoms with van der Waals surface area (Å²) in [6.45, 7) is 6.31. The second-order valence-corrected chi connectivity index (χ2v) is 15.2. The summed E-state index contributed by atoms with van der Waals surface area (Å²) in [5.41, 5.74) is 2.67. The number of nitrogens with zero attached hydrogens (tertiary/aromatic N) is 2. The SMILES string of the molecule is C[Si](C)(C)Oc1nc(-c2ccccc2)nc2c1CC(S(=O)(=O)c1ccccc1)CC2. The fourth-order valence-corrected chi connectivity index (χ4v) is 6.19. The van der Waals surface area contributed by atoms with Crippen molar-refractivity contribution in [3.63, 3.8) is 0 Å². The average molecular weight is 439 g/mol. The lowest BCUT2D eigenvalue weighted by Gasteiger charge is -2.28. The second-order valence-electron chi connectivity index (χ2n) is 8.58. The zero-order valence-corrected chi connectivity index (χ0v) is 19.3. The molecule has 0 fully saturated rings. The smallest absolute Gasteiger partial charge is 0.244 e. The molecule has 3 aromatic rings. The van der Waals surface area contributed by atoms with Gasteiger partial charge in [0.25, 0.3) is 0 Å². The van der Waals surface area contributed by atoms with E-state index in [-0.39, 0.29) is 0 Å². The van der Waals surface area contributed by atoms with Gasteiger partial charge in [0.2, 0.25) is 14.2 Å². The van der Waals surface area contributed by atoms with Crippen molar-refractivity contribution in [2.24, 2.45) is 0 Å². The lowest BCUT2D eigenvalue weighted by molar-refractivity contribution is 0.505. The van der Waals surface area contributed by atoms with E-state index in [1.807, 2.05) is 36.4 Å². The summed E-state index contributed by atoms with van der Waals surface area (Å²) in [4.78, 5) is 9.90. The Labute approximate surface area is 179 Å². The highest BCUT2D eigenvalue weighted by atomic mass is 32.2. The van der Waals surface area contributed by atoms with Gasteiger partial charge in [-0.25, -0.2) is 13.4 Å². The minimum Gasteiger partial charge on any atom is -0.531 e. The van der Waals surface area contributed by atoms with E-state index < -0.39 is 23.4 Å². The number of fused-ring (bicyclic) bond motifs is 1. The van der Waals surface area contributed by atoms with Gasteiger partial charge in [0.15, 0.2) is 15.7 Å². The molecule has 1 heterocycles. The van der Waals surface area contributed by atoms with E-state index in [0.29, 0.717) is 35.9 Å². The third-order valence-corrected chi connectivity index (χ3v) is 8.15. The van der Waals surface area contributed by atoms with Crippen molar-refractivity contribution in [3.8, 4) is 17.3 Å². The largest absolute Gasteiger partial charge is 0.531 e. The van der Waals surface area contributed by atoms with Crippen LogP contribution in [0.2, 0.25) is 19.6 Å². The van der Waals surface area contributed by atoms with Crippen LogP contribution >= 0.6 is 0 Å². The Balaban J connectivity index is 1.76. The van der Waals surface area contributed by atoms with E-state index >= 15 is 0 Å². The van der Waals surface area contributed by atoms with Crippen LogP contribution in [-0.2, 0) is 22.7 Å². The van der Waals surface area contributed by atoms with Crippen LogP contribution in [0.4, 0.5) is 0 Å². The summed E-state index contributed by atoms with van der Waals surface area (Å²) >= 11 is 0. The Morgan fingerprint density at radius 2 is 1.57 bits per heavy atom. The molecule has 1 aliphatic rings. The molecule has 1 unspecified atom stereocenters. The van der Waals surface area contributed by atoms with Crippen molar-refractivity contribution >= 4 is 18.2 Å². The fraction of sp³-hybridized carbons (Fsp3) is 0.304. The lowest BCUT2D eigenvalue weighted by atomic mass is 9.96. The highest BCUT2D eigenvalue weighted by molar-refractivity contribution is 7.92. The molecule has 5 nitrogen and oxygen atoms in total. The molecule has 2 aromatic carbocycles. The van der Waals surface area contributed by atoms with Crippen LogP contribution in [0.5, 0.6) is 5.88 Å². The molecule has 30 heavy (non-hydrogen) atoms. The minimum atomic E-state index is -3.43. The molecule has 0 radical (unpaired) electrons. The lowest BCUT2D eigenvalue weighted by Crippen LogP contribution is -2.33. The van der Waals surface area contributed by atoms with Gasteiger partial charge in [-0.3, -0.25) is 0 Å². The summed E-state index contributed by atoms with van der Waals surface area (Å²) in [6, 6.07) is 18.5. The third kappa shape index (κ3) is 4.32. The van der Waals surface area contributed by atoms with Gasteiger partial charge in [0, 0.05) is 11.1 Å². The van der Waals surface area contributed by atoms with Crippen molar-refractivity contribution in [3.05, 3.63) is 71.9 Å². The Morgan fingerprint density at radius 1 is 0.933 bits per heavy atom. The van der Waals surface area contributed by atoms with Crippen molar-refractivity contribution in [2.75, 3.05) is 0 Å². The third-order valence-electron chi connectivity index (χ3n) is 5.14. The molecule has 0 saturated heterocycles. The summed E-state index contributed by atoms with van der Waals surface area (Å²) < 4.78 is 32.7. The average Bonchev–Trinajstić information content (AvgIpc) is 2.73. The van der Waals surface area contributed by atoms with Gasteiger partial charge >= 0.3 is 0 Å². The molecule has 0 aliphatic heterocycles. The molecule has 0 bridgehead atoms. The van der Waals surface area contributed by atoms with Gasteiger partial charge < -0.3 is 4.43 Å². The van der Waals surface area contributed by atoms with Gasteiger partial charge in [0.05, 0.1) is 15.8 Å². The van der Waals surface area contributed by atoms with Gasteiger partial charge in [-0.15, -0.1) is 0 Å². The summed E-state index contributed by atoms with van der Waals surface area (Å²) in [7, 11) is -5.38. The van der Waals surface area contributed by atoms with Crippen LogP contribution in [0.15, 0.2) is 65.6 Å². The second kappa shape index (κ2) is 7.96. The topological polar surface area (TPSA) is 69.2 Å². The highest BCUT2D eigenvalue weighted by Gasteiger charge is 2.35. The van der Waals surface area contributed by atoms with Gasteiger partial charge in [0.1, 0.15) is 0 Å². The van der Waals surface area contributed by atoms with E-state index in [1.54, 1.807) is 24.3 Å². The number of hydrogen-bond donors (Lipinski definition) is 0. The fourth-order valence-electron chi connectivity index (χ4n) is 3.71. The monoisotopic (exact) mass is 438 g/mol. The van der Waals surface area contributed by atoms with Gasteiger partial charge in [-0.05, 0) is 51.0 Å². The number of hydrogen-bond acceptors (Lipinski definition) is 5. The number of benzene rings is 2. The molecule has 4 rings (SSSR count). The predicted molar refractivity (Wildman–Crippen MR) is 121 cm³/mol. The molecule has 1 atom stereocenters. The van der Waals surface area contributed by atoms with Crippen molar-refractivity contribution < 1.29 is 12.8 Å². The maximum Gasteiger partial charge on any atom is 0.244 e. The predicted octanol–water partition coefficient (Wildman–Crippen LogP) is 4.69. The molecule has 0 spiro atoms. The quantitative estimate of drug-likeness (QED) is 0.541. The zero-order chi connectivity index (χ0) is 21.4. The first-order valence-corrected chi connectivity index (χ1v) is 15.1. The normalized spacial score (nSPS) is 16.7. The number of rotatable bonds is 5. The standard InChI is InChI=1S/C23H26N2O3SSi/c1-30(2,3)28-23-20-16-19(29(26,27)18-12-8-5-9-13-18)14-15-21(20)24-22(25-23)17-10-6-4-7-11-17/h4-13,19H,14-16H2,1-3H3. The van der Waals surface area contributed by atoms with Gasteiger partial charge in [-0.2, -0.15) is 4.98 Å². The molecule has 0 amide bonds. The molecule has 0 N–H and O–H groups in total. The van der Waals surface area contributed by atoms with Crippen molar-refractivity contribution in [2.45, 2.75) is 49.0 Å². The molecule has 7 heteroatoms. The van der Waals surface area contributed by atoms with E-state index in [2.05, 4.69) is 19.6 Å². The number of sulfone groups is 1. The molecule has 1 aromatic heterocycles. The Hall–Kier alpha value is -2.51. The molecule has 156 valence electrons. The van der Waals surface area contributed by atoms with Crippen molar-refractivity contribution in [1.29, 1.82) is 0 Å². The number of aryl methyl sites for hydroxylation is 1. The Morgan fingerprint density at radius 3 is 2.20 bits per heavy atom. The summed E-state index contributed by atoms with van der Waals surface area (Å²) in [5.74, 6) is 1.18. The summed E-state index contributed by atoms with van der Waals surface area (Å²) in [5, 5.41) is -0.498. The zero-order valence-electron chi connectivity index (χ0n) is 17.5. The minimum absolute atomic E-state index is 0.368. The number of aromatic nitrogens is 2.